The first-order valence-corrected chi connectivity index (χ1v) is 6.75. The molecule has 2 heterocycles. The minimum absolute atomic E-state index is 0.133. The van der Waals surface area contributed by atoms with Gasteiger partial charge in [-0.1, -0.05) is 0 Å². The summed E-state index contributed by atoms with van der Waals surface area (Å²) in [5.41, 5.74) is 0.784. The largest absolute Gasteiger partial charge is 0.486 e. The van der Waals surface area contributed by atoms with Crippen molar-refractivity contribution in [1.82, 2.24) is 15.0 Å². The van der Waals surface area contributed by atoms with Gasteiger partial charge in [-0.2, -0.15) is 15.0 Å². The number of benzene rings is 1. The predicted molar refractivity (Wildman–Crippen MR) is 79.9 cm³/mol. The lowest BCUT2D eigenvalue weighted by atomic mass is 10.2. The summed E-state index contributed by atoms with van der Waals surface area (Å²) in [7, 11) is 3.67. The SMILES string of the molecule is CN(C)c1nc(Cl)nc(Nc2ccc3c(c2)OCCO3)n1. The minimum Gasteiger partial charge on any atom is -0.486 e. The van der Waals surface area contributed by atoms with Crippen molar-refractivity contribution >= 4 is 29.2 Å². The first-order valence-electron chi connectivity index (χ1n) is 6.37. The van der Waals surface area contributed by atoms with Crippen LogP contribution in [0.2, 0.25) is 5.28 Å². The highest BCUT2D eigenvalue weighted by Crippen LogP contribution is 2.33. The second-order valence-corrected chi connectivity index (χ2v) is 4.94. The van der Waals surface area contributed by atoms with E-state index in [0.717, 1.165) is 11.4 Å². The molecule has 2 aromatic rings. The first kappa shape index (κ1) is 13.7. The Balaban J connectivity index is 1.86. The number of halogens is 1. The fourth-order valence-corrected chi connectivity index (χ4v) is 2.00. The summed E-state index contributed by atoms with van der Waals surface area (Å²) in [5.74, 6) is 2.28. The molecule has 1 aromatic carbocycles. The highest BCUT2D eigenvalue weighted by Gasteiger charge is 2.13. The molecule has 1 N–H and O–H groups in total. The third kappa shape index (κ3) is 3.08. The van der Waals surface area contributed by atoms with E-state index in [9.17, 15) is 0 Å². The lowest BCUT2D eigenvalue weighted by molar-refractivity contribution is 0.171. The Hall–Kier alpha value is -2.28. The first-order chi connectivity index (χ1) is 10.1. The van der Waals surface area contributed by atoms with Crippen molar-refractivity contribution in [3.05, 3.63) is 23.5 Å². The van der Waals surface area contributed by atoms with Gasteiger partial charge in [0.05, 0.1) is 0 Å². The summed E-state index contributed by atoms with van der Waals surface area (Å²) in [6, 6.07) is 5.54. The Morgan fingerprint density at radius 3 is 2.62 bits per heavy atom. The molecule has 3 rings (SSSR count). The third-order valence-electron chi connectivity index (χ3n) is 2.79. The van der Waals surface area contributed by atoms with Crippen molar-refractivity contribution in [2.45, 2.75) is 0 Å². The van der Waals surface area contributed by atoms with Crippen LogP contribution in [0.4, 0.5) is 17.6 Å². The summed E-state index contributed by atoms with van der Waals surface area (Å²) in [5, 5.41) is 3.21. The smallest absolute Gasteiger partial charge is 0.233 e. The van der Waals surface area contributed by atoms with Gasteiger partial charge in [-0.15, -0.1) is 0 Å². The van der Waals surface area contributed by atoms with Crippen LogP contribution in [-0.4, -0.2) is 42.3 Å². The molecule has 1 aliphatic rings. The second kappa shape index (κ2) is 5.61. The Morgan fingerprint density at radius 1 is 1.10 bits per heavy atom. The van der Waals surface area contributed by atoms with Gasteiger partial charge >= 0.3 is 0 Å². The Kier molecular flexibility index (Phi) is 3.66. The van der Waals surface area contributed by atoms with Crippen LogP contribution in [-0.2, 0) is 0 Å². The molecule has 1 aromatic heterocycles. The Bertz CT molecular complexity index is 665. The van der Waals surface area contributed by atoms with E-state index in [1.165, 1.54) is 0 Å². The molecule has 21 heavy (non-hydrogen) atoms. The average Bonchev–Trinajstić information content (AvgIpc) is 2.46. The molecule has 0 atom stereocenters. The molecule has 0 saturated carbocycles. The van der Waals surface area contributed by atoms with Crippen molar-refractivity contribution in [3.63, 3.8) is 0 Å². The molecule has 0 saturated heterocycles. The zero-order chi connectivity index (χ0) is 14.8. The summed E-state index contributed by atoms with van der Waals surface area (Å²) >= 11 is 5.90. The average molecular weight is 308 g/mol. The fraction of sp³-hybridized carbons (Fsp3) is 0.308. The zero-order valence-electron chi connectivity index (χ0n) is 11.6. The summed E-state index contributed by atoms with van der Waals surface area (Å²) in [4.78, 5) is 14.1. The maximum atomic E-state index is 5.90. The summed E-state index contributed by atoms with van der Waals surface area (Å²) in [6.45, 7) is 1.11. The third-order valence-corrected chi connectivity index (χ3v) is 2.96. The van der Waals surface area contributed by atoms with Gasteiger partial charge in [-0.3, -0.25) is 0 Å². The number of rotatable bonds is 3. The normalized spacial score (nSPS) is 12.9. The minimum atomic E-state index is 0.133. The number of anilines is 3. The molecule has 0 aliphatic carbocycles. The number of nitrogens with one attached hydrogen (secondary N) is 1. The molecule has 0 unspecified atom stereocenters. The van der Waals surface area contributed by atoms with Crippen molar-refractivity contribution in [2.24, 2.45) is 0 Å². The maximum absolute atomic E-state index is 5.90. The molecule has 110 valence electrons. The van der Waals surface area contributed by atoms with E-state index in [4.69, 9.17) is 21.1 Å². The summed E-state index contributed by atoms with van der Waals surface area (Å²) in [6.07, 6.45) is 0. The van der Waals surface area contributed by atoms with Gasteiger partial charge in [0.2, 0.25) is 17.2 Å². The zero-order valence-corrected chi connectivity index (χ0v) is 12.4. The van der Waals surface area contributed by atoms with E-state index in [0.29, 0.717) is 30.9 Å². The number of aromatic nitrogens is 3. The highest BCUT2D eigenvalue weighted by molar-refractivity contribution is 6.28. The van der Waals surface area contributed by atoms with E-state index < -0.39 is 0 Å². The molecule has 0 amide bonds. The quantitative estimate of drug-likeness (QED) is 0.931. The van der Waals surface area contributed by atoms with E-state index in [1.807, 2.05) is 32.3 Å². The molecule has 8 heteroatoms. The van der Waals surface area contributed by atoms with Gasteiger partial charge < -0.3 is 19.7 Å². The maximum Gasteiger partial charge on any atom is 0.233 e. The molecule has 1 aliphatic heterocycles. The van der Waals surface area contributed by atoms with E-state index in [1.54, 1.807) is 4.90 Å². The van der Waals surface area contributed by atoms with Gasteiger partial charge in [0.25, 0.3) is 0 Å². The van der Waals surface area contributed by atoms with Crippen LogP contribution >= 0.6 is 11.6 Å². The van der Waals surface area contributed by atoms with Gasteiger partial charge in [0, 0.05) is 25.8 Å². The molecule has 0 radical (unpaired) electrons. The molecular weight excluding hydrogens is 294 g/mol. The number of nitrogens with zero attached hydrogens (tertiary/aromatic N) is 4. The van der Waals surface area contributed by atoms with Gasteiger partial charge in [-0.25, -0.2) is 0 Å². The lowest BCUT2D eigenvalue weighted by Gasteiger charge is -2.19. The van der Waals surface area contributed by atoms with Crippen molar-refractivity contribution in [2.75, 3.05) is 37.5 Å². The number of ether oxygens (including phenoxy) is 2. The number of hydrogen-bond acceptors (Lipinski definition) is 7. The summed E-state index contributed by atoms with van der Waals surface area (Å²) < 4.78 is 11.0. The second-order valence-electron chi connectivity index (χ2n) is 4.61. The van der Waals surface area contributed by atoms with Crippen LogP contribution in [0.25, 0.3) is 0 Å². The van der Waals surface area contributed by atoms with E-state index >= 15 is 0 Å². The number of hydrogen-bond donors (Lipinski definition) is 1. The molecule has 0 bridgehead atoms. The molecule has 7 nitrogen and oxygen atoms in total. The lowest BCUT2D eigenvalue weighted by Crippen LogP contribution is -2.15. The fourth-order valence-electron chi connectivity index (χ4n) is 1.85. The monoisotopic (exact) mass is 307 g/mol. The number of fused-ring (bicyclic) bond motifs is 1. The van der Waals surface area contributed by atoms with Crippen LogP contribution in [0.1, 0.15) is 0 Å². The van der Waals surface area contributed by atoms with Gasteiger partial charge in [-0.05, 0) is 23.7 Å². The van der Waals surface area contributed by atoms with Crippen LogP contribution in [0.15, 0.2) is 18.2 Å². The van der Waals surface area contributed by atoms with Crippen molar-refractivity contribution in [3.8, 4) is 11.5 Å². The molecule has 0 spiro atoms. The Morgan fingerprint density at radius 2 is 1.86 bits per heavy atom. The van der Waals surface area contributed by atoms with Crippen molar-refractivity contribution in [1.29, 1.82) is 0 Å². The molecule has 0 fully saturated rings. The van der Waals surface area contributed by atoms with Crippen LogP contribution in [0.3, 0.4) is 0 Å². The van der Waals surface area contributed by atoms with Gasteiger partial charge in [0.15, 0.2) is 11.5 Å². The predicted octanol–water partition coefficient (Wildman–Crippen LogP) is 2.11. The Labute approximate surface area is 126 Å². The topological polar surface area (TPSA) is 72.4 Å². The van der Waals surface area contributed by atoms with Crippen LogP contribution < -0.4 is 19.7 Å². The van der Waals surface area contributed by atoms with Crippen LogP contribution in [0.5, 0.6) is 11.5 Å². The van der Waals surface area contributed by atoms with Crippen molar-refractivity contribution < 1.29 is 9.47 Å². The van der Waals surface area contributed by atoms with E-state index in [-0.39, 0.29) is 5.28 Å². The van der Waals surface area contributed by atoms with Gasteiger partial charge in [0.1, 0.15) is 13.2 Å². The highest BCUT2D eigenvalue weighted by atomic mass is 35.5. The van der Waals surface area contributed by atoms with E-state index in [2.05, 4.69) is 20.3 Å². The van der Waals surface area contributed by atoms with Crippen LogP contribution in [0, 0.1) is 0 Å². The molecular formula is C13H14ClN5O2. The standard InChI is InChI=1S/C13H14ClN5O2/c1-19(2)13-17-11(14)16-12(18-13)15-8-3-4-9-10(7-8)21-6-5-20-9/h3-4,7H,5-6H2,1-2H3,(H,15,16,17,18).